The molecule has 1 aromatic heterocycles. The molecule has 6 heteroatoms. The van der Waals surface area contributed by atoms with Gasteiger partial charge in [-0.2, -0.15) is 0 Å². The number of hydrogen-bond acceptors (Lipinski definition) is 1. The Bertz CT molecular complexity index is 1010. The van der Waals surface area contributed by atoms with Gasteiger partial charge in [-0.25, -0.2) is 13.6 Å². The third-order valence-electron chi connectivity index (χ3n) is 4.60. The first-order valence-corrected chi connectivity index (χ1v) is 8.38. The second-order valence-electron chi connectivity index (χ2n) is 6.23. The van der Waals surface area contributed by atoms with Crippen molar-refractivity contribution in [2.75, 3.05) is 18.4 Å². The number of hydrogen-bond donors (Lipinski definition) is 2. The Morgan fingerprint density at radius 2 is 2.00 bits per heavy atom. The van der Waals surface area contributed by atoms with Crippen molar-refractivity contribution in [2.45, 2.75) is 6.42 Å². The van der Waals surface area contributed by atoms with E-state index in [1.807, 2.05) is 30.5 Å². The zero-order chi connectivity index (χ0) is 18.1. The van der Waals surface area contributed by atoms with Crippen LogP contribution in [0.5, 0.6) is 0 Å². The van der Waals surface area contributed by atoms with Crippen molar-refractivity contribution in [1.82, 2.24) is 9.88 Å². The fourth-order valence-electron chi connectivity index (χ4n) is 3.22. The summed E-state index contributed by atoms with van der Waals surface area (Å²) in [5.74, 6) is -1.26. The first-order valence-electron chi connectivity index (χ1n) is 8.38. The van der Waals surface area contributed by atoms with Crippen LogP contribution >= 0.6 is 0 Å². The van der Waals surface area contributed by atoms with Crippen LogP contribution in [0.2, 0.25) is 0 Å². The third-order valence-corrected chi connectivity index (χ3v) is 4.60. The van der Waals surface area contributed by atoms with E-state index in [0.717, 1.165) is 34.7 Å². The minimum Gasteiger partial charge on any atom is -0.361 e. The zero-order valence-corrected chi connectivity index (χ0v) is 13.9. The molecular formula is C20H17F2N3O. The Kier molecular flexibility index (Phi) is 4.16. The Morgan fingerprint density at radius 3 is 2.81 bits per heavy atom. The van der Waals surface area contributed by atoms with Crippen LogP contribution in [0, 0.1) is 11.6 Å². The summed E-state index contributed by atoms with van der Waals surface area (Å²) in [6, 6.07) is 10.6. The van der Waals surface area contributed by atoms with Gasteiger partial charge in [0, 0.05) is 41.8 Å². The Hall–Kier alpha value is -3.15. The van der Waals surface area contributed by atoms with Gasteiger partial charge in [0.15, 0.2) is 0 Å². The van der Waals surface area contributed by atoms with E-state index in [4.69, 9.17) is 0 Å². The molecule has 0 fully saturated rings. The largest absolute Gasteiger partial charge is 0.361 e. The van der Waals surface area contributed by atoms with Gasteiger partial charge in [-0.05, 0) is 30.2 Å². The minimum absolute atomic E-state index is 0.151. The maximum absolute atomic E-state index is 13.7. The fourth-order valence-corrected chi connectivity index (χ4v) is 3.22. The molecule has 132 valence electrons. The molecule has 4 nitrogen and oxygen atoms in total. The number of aromatic nitrogens is 1. The summed E-state index contributed by atoms with van der Waals surface area (Å²) >= 11 is 0. The molecule has 0 unspecified atom stereocenters. The lowest BCUT2D eigenvalue weighted by Crippen LogP contribution is -2.38. The summed E-state index contributed by atoms with van der Waals surface area (Å²) in [5.41, 5.74) is 3.23. The molecule has 0 radical (unpaired) electrons. The lowest BCUT2D eigenvalue weighted by atomic mass is 9.99. The topological polar surface area (TPSA) is 48.1 Å². The van der Waals surface area contributed by atoms with Crippen molar-refractivity contribution in [2.24, 2.45) is 0 Å². The van der Waals surface area contributed by atoms with Crippen molar-refractivity contribution in [3.8, 4) is 0 Å². The van der Waals surface area contributed by atoms with Crippen molar-refractivity contribution < 1.29 is 13.6 Å². The number of rotatable bonds is 2. The van der Waals surface area contributed by atoms with Crippen LogP contribution in [0.25, 0.3) is 16.5 Å². The summed E-state index contributed by atoms with van der Waals surface area (Å²) in [6.07, 6.45) is 4.68. The number of halogens is 2. The van der Waals surface area contributed by atoms with E-state index in [1.54, 1.807) is 4.90 Å². The van der Waals surface area contributed by atoms with Gasteiger partial charge >= 0.3 is 6.03 Å². The maximum Gasteiger partial charge on any atom is 0.322 e. The number of nitrogens with one attached hydrogen (secondary N) is 2. The van der Waals surface area contributed by atoms with Crippen LogP contribution in [0.4, 0.5) is 19.3 Å². The van der Waals surface area contributed by atoms with E-state index >= 15 is 0 Å². The monoisotopic (exact) mass is 353 g/mol. The van der Waals surface area contributed by atoms with Crippen molar-refractivity contribution in [1.29, 1.82) is 0 Å². The zero-order valence-electron chi connectivity index (χ0n) is 13.9. The molecule has 3 aromatic rings. The third kappa shape index (κ3) is 3.06. The van der Waals surface area contributed by atoms with Gasteiger partial charge < -0.3 is 15.2 Å². The molecule has 2 aromatic carbocycles. The normalized spacial score (nSPS) is 14.4. The van der Waals surface area contributed by atoms with Crippen LogP contribution in [0.15, 0.2) is 54.7 Å². The Balaban J connectivity index is 1.48. The molecule has 0 atom stereocenters. The highest BCUT2D eigenvalue weighted by atomic mass is 19.1. The van der Waals surface area contributed by atoms with Crippen LogP contribution < -0.4 is 5.32 Å². The quantitative estimate of drug-likeness (QED) is 0.685. The molecule has 2 heterocycles. The number of para-hydroxylation sites is 1. The van der Waals surface area contributed by atoms with E-state index in [-0.39, 0.29) is 5.69 Å². The van der Waals surface area contributed by atoms with Gasteiger partial charge in [-0.15, -0.1) is 0 Å². The molecular weight excluding hydrogens is 336 g/mol. The maximum atomic E-state index is 13.7. The fraction of sp³-hybridized carbons (Fsp3) is 0.150. The predicted molar refractivity (Wildman–Crippen MR) is 97.8 cm³/mol. The number of carbonyl (C=O) groups excluding carboxylic acids is 1. The number of aromatic amines is 1. The molecule has 26 heavy (non-hydrogen) atoms. The highest BCUT2D eigenvalue weighted by Gasteiger charge is 2.20. The lowest BCUT2D eigenvalue weighted by Gasteiger charge is -2.26. The molecule has 0 bridgehead atoms. The summed E-state index contributed by atoms with van der Waals surface area (Å²) in [7, 11) is 0. The first kappa shape index (κ1) is 16.3. The number of amides is 2. The number of urea groups is 1. The second kappa shape index (κ2) is 6.63. The van der Waals surface area contributed by atoms with E-state index in [2.05, 4.69) is 16.4 Å². The minimum atomic E-state index is -0.660. The highest BCUT2D eigenvalue weighted by Crippen LogP contribution is 2.29. The van der Waals surface area contributed by atoms with E-state index in [0.29, 0.717) is 19.5 Å². The number of fused-ring (bicyclic) bond motifs is 1. The summed E-state index contributed by atoms with van der Waals surface area (Å²) < 4.78 is 26.9. The van der Waals surface area contributed by atoms with Gasteiger partial charge in [0.1, 0.15) is 11.6 Å². The van der Waals surface area contributed by atoms with E-state index < -0.39 is 17.7 Å². The molecule has 1 aliphatic heterocycles. The molecule has 4 rings (SSSR count). The number of anilines is 1. The number of H-pyrrole nitrogens is 1. The molecule has 2 N–H and O–H groups in total. The molecule has 0 saturated carbocycles. The van der Waals surface area contributed by atoms with Crippen molar-refractivity contribution in [3.63, 3.8) is 0 Å². The average molecular weight is 353 g/mol. The van der Waals surface area contributed by atoms with Gasteiger partial charge in [0.2, 0.25) is 0 Å². The lowest BCUT2D eigenvalue weighted by molar-refractivity contribution is 0.217. The van der Waals surface area contributed by atoms with E-state index in [9.17, 15) is 13.6 Å². The van der Waals surface area contributed by atoms with Gasteiger partial charge in [0.25, 0.3) is 0 Å². The number of benzene rings is 2. The molecule has 1 aliphatic rings. The summed E-state index contributed by atoms with van der Waals surface area (Å²) in [6.45, 7) is 0.922. The van der Waals surface area contributed by atoms with Crippen LogP contribution in [0.3, 0.4) is 0 Å². The van der Waals surface area contributed by atoms with Gasteiger partial charge in [-0.3, -0.25) is 0 Å². The molecule has 0 spiro atoms. The van der Waals surface area contributed by atoms with Gasteiger partial charge in [-0.1, -0.05) is 24.3 Å². The summed E-state index contributed by atoms with van der Waals surface area (Å²) in [4.78, 5) is 17.2. The summed E-state index contributed by atoms with van der Waals surface area (Å²) in [5, 5.41) is 3.59. The Labute approximate surface area is 149 Å². The average Bonchev–Trinajstić information content (AvgIpc) is 3.09. The Morgan fingerprint density at radius 1 is 1.15 bits per heavy atom. The van der Waals surface area contributed by atoms with Crippen LogP contribution in [0.1, 0.15) is 12.0 Å². The number of carbonyl (C=O) groups is 1. The number of nitrogens with zero attached hydrogens (tertiary/aromatic N) is 1. The van der Waals surface area contributed by atoms with Crippen LogP contribution in [-0.4, -0.2) is 29.0 Å². The molecule has 2 amide bonds. The molecule has 0 saturated heterocycles. The van der Waals surface area contributed by atoms with Crippen LogP contribution in [-0.2, 0) is 0 Å². The molecule has 0 aliphatic carbocycles. The van der Waals surface area contributed by atoms with Crippen molar-refractivity contribution >= 4 is 28.2 Å². The van der Waals surface area contributed by atoms with Gasteiger partial charge in [0.05, 0.1) is 5.69 Å². The predicted octanol–water partition coefficient (Wildman–Crippen LogP) is 4.77. The van der Waals surface area contributed by atoms with E-state index in [1.165, 1.54) is 5.57 Å². The SMILES string of the molecule is O=C(Nc1cc(F)ccc1F)N1CC=C(c2c[nH]c3ccccc23)CC1. The highest BCUT2D eigenvalue weighted by molar-refractivity contribution is 5.94. The smallest absolute Gasteiger partial charge is 0.322 e. The second-order valence-corrected chi connectivity index (χ2v) is 6.23. The first-order chi connectivity index (χ1) is 12.6. The standard InChI is InChI=1S/C20H17F2N3O/c21-14-5-6-17(22)19(11-14)24-20(26)25-9-7-13(8-10-25)16-12-23-18-4-2-1-3-15(16)18/h1-7,11-12,23H,8-10H2,(H,24,26). The van der Waals surface area contributed by atoms with Crippen molar-refractivity contribution in [3.05, 3.63) is 71.9 Å².